The zero-order chi connectivity index (χ0) is 23.4. The minimum atomic E-state index is -1.36. The van der Waals surface area contributed by atoms with Crippen LogP contribution in [0.1, 0.15) is 31.7 Å². The average molecular weight is 453 g/mol. The molecular weight excluding hydrogens is 424 g/mol. The Bertz CT molecular complexity index is 1100. The molecule has 0 unspecified atom stereocenters. The Hall–Kier alpha value is -2.48. The Labute approximate surface area is 191 Å². The molecule has 9 atom stereocenters. The number of hydrogen-bond acceptors (Lipinski definition) is 7. The molecule has 1 aliphatic heterocycles. The van der Waals surface area contributed by atoms with E-state index in [9.17, 15) is 24.9 Å². The van der Waals surface area contributed by atoms with E-state index in [1.807, 2.05) is 30.3 Å². The van der Waals surface area contributed by atoms with E-state index in [0.717, 1.165) is 5.56 Å². The van der Waals surface area contributed by atoms with Crippen molar-refractivity contribution in [1.29, 1.82) is 0 Å². The van der Waals surface area contributed by atoms with Crippen molar-refractivity contribution in [3.05, 3.63) is 60.2 Å². The van der Waals surface area contributed by atoms with Gasteiger partial charge in [0.05, 0.1) is 23.7 Å². The molecule has 1 saturated heterocycles. The molecular formula is C26H28O7. The predicted octanol–water partition coefficient (Wildman–Crippen LogP) is 1.66. The van der Waals surface area contributed by atoms with E-state index in [-0.39, 0.29) is 13.0 Å². The second-order valence-corrected chi connectivity index (χ2v) is 10.7. The molecule has 0 radical (unpaired) electrons. The number of ether oxygens (including phenoxy) is 2. The zero-order valence-corrected chi connectivity index (χ0v) is 18.4. The quantitative estimate of drug-likeness (QED) is 0.472. The summed E-state index contributed by atoms with van der Waals surface area (Å²) in [7, 11) is 0. The molecule has 1 spiro atoms. The fourth-order valence-corrected chi connectivity index (χ4v) is 7.96. The van der Waals surface area contributed by atoms with E-state index < -0.39 is 63.9 Å². The molecule has 1 heterocycles. The molecule has 7 nitrogen and oxygen atoms in total. The number of fused-ring (bicyclic) bond motifs is 1. The van der Waals surface area contributed by atoms with Crippen molar-refractivity contribution in [3.8, 4) is 0 Å². The molecule has 0 amide bonds. The van der Waals surface area contributed by atoms with Crippen molar-refractivity contribution in [2.24, 2.45) is 28.6 Å². The van der Waals surface area contributed by atoms with Crippen molar-refractivity contribution in [2.45, 2.75) is 56.2 Å². The Balaban J connectivity index is 1.50. The third-order valence-electron chi connectivity index (χ3n) is 9.46. The Morgan fingerprint density at radius 3 is 2.73 bits per heavy atom. The SMILES string of the molecule is C=C1[C@H](O)[C@]23C[C@@]1(O)CC[C@H]2[C@@]12C=C[C@H](O)[C@](C)(C(=O)O1)[C@H]2[C@@H]3C(=O)OCc1ccccc1. The Morgan fingerprint density at radius 1 is 1.27 bits per heavy atom. The predicted molar refractivity (Wildman–Crippen MR) is 115 cm³/mol. The van der Waals surface area contributed by atoms with Gasteiger partial charge in [-0.2, -0.15) is 0 Å². The molecule has 1 aromatic carbocycles. The van der Waals surface area contributed by atoms with Gasteiger partial charge in [-0.1, -0.05) is 43.0 Å². The fraction of sp³-hybridized carbons (Fsp3) is 0.538. The summed E-state index contributed by atoms with van der Waals surface area (Å²) in [4.78, 5) is 26.9. The van der Waals surface area contributed by atoms with Crippen LogP contribution in [0.5, 0.6) is 0 Å². The number of hydrogen-bond donors (Lipinski definition) is 3. The zero-order valence-electron chi connectivity index (χ0n) is 18.4. The molecule has 1 aromatic rings. The highest BCUT2D eigenvalue weighted by molar-refractivity contribution is 5.87. The Morgan fingerprint density at radius 2 is 2.00 bits per heavy atom. The molecule has 174 valence electrons. The second kappa shape index (κ2) is 6.34. The largest absolute Gasteiger partial charge is 0.461 e. The summed E-state index contributed by atoms with van der Waals surface area (Å²) >= 11 is 0. The lowest BCUT2D eigenvalue weighted by Gasteiger charge is -2.45. The number of carbonyl (C=O) groups excluding carboxylic acids is 2. The van der Waals surface area contributed by atoms with Crippen molar-refractivity contribution in [1.82, 2.24) is 0 Å². The van der Waals surface area contributed by atoms with Crippen LogP contribution >= 0.6 is 0 Å². The number of carbonyl (C=O) groups is 2. The van der Waals surface area contributed by atoms with Gasteiger partial charge in [-0.3, -0.25) is 9.59 Å². The normalized spacial score (nSPS) is 48.9. The summed E-state index contributed by atoms with van der Waals surface area (Å²) in [6, 6.07) is 9.27. The van der Waals surface area contributed by atoms with Crippen LogP contribution < -0.4 is 0 Å². The van der Waals surface area contributed by atoms with Crippen molar-refractivity contribution < 1.29 is 34.4 Å². The van der Waals surface area contributed by atoms with Crippen LogP contribution in [0.3, 0.4) is 0 Å². The van der Waals surface area contributed by atoms with Gasteiger partial charge in [-0.05, 0) is 43.4 Å². The van der Waals surface area contributed by atoms with E-state index in [1.54, 1.807) is 19.1 Å². The van der Waals surface area contributed by atoms with Crippen LogP contribution in [0, 0.1) is 28.6 Å². The lowest BCUT2D eigenvalue weighted by atomic mass is 9.60. The number of aliphatic hydroxyl groups excluding tert-OH is 2. The number of aliphatic hydroxyl groups is 3. The summed E-state index contributed by atoms with van der Waals surface area (Å²) in [5.41, 5.74) is -3.77. The van der Waals surface area contributed by atoms with Gasteiger partial charge in [0.1, 0.15) is 17.6 Å². The Kier molecular flexibility index (Phi) is 4.05. The number of rotatable bonds is 3. The molecule has 4 aliphatic carbocycles. The van der Waals surface area contributed by atoms with Gasteiger partial charge in [-0.15, -0.1) is 0 Å². The third-order valence-corrected chi connectivity index (χ3v) is 9.46. The fourth-order valence-electron chi connectivity index (χ4n) is 7.96. The summed E-state index contributed by atoms with van der Waals surface area (Å²) in [5.74, 6) is -3.20. The maximum Gasteiger partial charge on any atom is 0.316 e. The van der Waals surface area contributed by atoms with Crippen LogP contribution in [0.25, 0.3) is 0 Å². The topological polar surface area (TPSA) is 113 Å². The van der Waals surface area contributed by atoms with E-state index in [0.29, 0.717) is 18.4 Å². The summed E-state index contributed by atoms with van der Waals surface area (Å²) < 4.78 is 11.8. The van der Waals surface area contributed by atoms with E-state index in [2.05, 4.69) is 6.58 Å². The lowest BCUT2D eigenvalue weighted by Crippen LogP contribution is -2.52. The van der Waals surface area contributed by atoms with E-state index in [4.69, 9.17) is 9.47 Å². The third kappa shape index (κ3) is 2.26. The molecule has 33 heavy (non-hydrogen) atoms. The van der Waals surface area contributed by atoms with Gasteiger partial charge in [0, 0.05) is 17.3 Å². The number of esters is 2. The first-order valence-electron chi connectivity index (χ1n) is 11.5. The van der Waals surface area contributed by atoms with E-state index in [1.165, 1.54) is 0 Å². The van der Waals surface area contributed by atoms with Crippen LogP contribution in [-0.2, 0) is 25.7 Å². The smallest absolute Gasteiger partial charge is 0.316 e. The minimum absolute atomic E-state index is 0.0435. The summed E-state index contributed by atoms with van der Waals surface area (Å²) in [5, 5.41) is 33.7. The monoisotopic (exact) mass is 452 g/mol. The molecule has 4 fully saturated rings. The maximum atomic E-state index is 13.8. The first kappa shape index (κ1) is 21.1. The van der Waals surface area contributed by atoms with Crippen LogP contribution in [0.2, 0.25) is 0 Å². The first-order valence-corrected chi connectivity index (χ1v) is 11.5. The van der Waals surface area contributed by atoms with Crippen LogP contribution in [0.15, 0.2) is 54.6 Å². The molecule has 4 bridgehead atoms. The van der Waals surface area contributed by atoms with Gasteiger partial charge < -0.3 is 24.8 Å². The van der Waals surface area contributed by atoms with Gasteiger partial charge in [0.15, 0.2) is 0 Å². The van der Waals surface area contributed by atoms with Gasteiger partial charge in [-0.25, -0.2) is 0 Å². The molecule has 3 saturated carbocycles. The second-order valence-electron chi connectivity index (χ2n) is 10.7. The standard InChI is InChI=1S/C26H28O7/c1-14-20(28)25-13-24(14,31)10-8-16(25)26-11-9-17(27)23(2,22(30)33-26)19(26)18(25)21(29)32-12-15-6-4-3-5-7-15/h3-7,9,11,16-20,27-28,31H,1,8,10,12-13H2,2H3/t16-,17+,18-,19-,20+,23+,24+,25-,26-/m1/s1. The maximum absolute atomic E-state index is 13.8. The molecule has 7 heteroatoms. The van der Waals surface area contributed by atoms with Crippen LogP contribution in [0.4, 0.5) is 0 Å². The average Bonchev–Trinajstić information content (AvgIpc) is 3.21. The van der Waals surface area contributed by atoms with Crippen molar-refractivity contribution in [3.63, 3.8) is 0 Å². The van der Waals surface area contributed by atoms with Gasteiger partial charge >= 0.3 is 11.9 Å². The molecule has 3 N–H and O–H groups in total. The van der Waals surface area contributed by atoms with Crippen LogP contribution in [-0.4, -0.2) is 50.7 Å². The highest BCUT2D eigenvalue weighted by atomic mass is 16.6. The minimum Gasteiger partial charge on any atom is -0.461 e. The lowest BCUT2D eigenvalue weighted by molar-refractivity contribution is -0.171. The molecule has 6 rings (SSSR count). The molecule has 5 aliphatic rings. The first-order chi connectivity index (χ1) is 15.6. The van der Waals surface area contributed by atoms with Gasteiger partial charge in [0.25, 0.3) is 0 Å². The summed E-state index contributed by atoms with van der Waals surface area (Å²) in [6.07, 6.45) is 1.96. The summed E-state index contributed by atoms with van der Waals surface area (Å²) in [6.45, 7) is 5.66. The van der Waals surface area contributed by atoms with E-state index >= 15 is 0 Å². The highest BCUT2D eigenvalue weighted by Gasteiger charge is 2.85. The van der Waals surface area contributed by atoms with Gasteiger partial charge in [0.2, 0.25) is 0 Å². The van der Waals surface area contributed by atoms with Crippen molar-refractivity contribution >= 4 is 11.9 Å². The molecule has 0 aromatic heterocycles. The highest BCUT2D eigenvalue weighted by Crippen LogP contribution is 2.77. The number of benzene rings is 1. The van der Waals surface area contributed by atoms with Crippen molar-refractivity contribution in [2.75, 3.05) is 0 Å².